The first-order valence-corrected chi connectivity index (χ1v) is 19.1. The van der Waals surface area contributed by atoms with Gasteiger partial charge in [-0.1, -0.05) is 48.5 Å². The summed E-state index contributed by atoms with van der Waals surface area (Å²) in [5, 5.41) is 1.94. The van der Waals surface area contributed by atoms with Crippen molar-refractivity contribution in [2.24, 2.45) is 0 Å². The molecule has 0 unspecified atom stereocenters. The zero-order valence-corrected chi connectivity index (χ0v) is 34.5. The van der Waals surface area contributed by atoms with Crippen LogP contribution >= 0.6 is 0 Å². The highest BCUT2D eigenvalue weighted by molar-refractivity contribution is 7.20. The van der Waals surface area contributed by atoms with E-state index in [0.717, 1.165) is 16.3 Å². The summed E-state index contributed by atoms with van der Waals surface area (Å²) in [6, 6.07) is 20.0. The summed E-state index contributed by atoms with van der Waals surface area (Å²) in [4.78, 5) is 12.8. The van der Waals surface area contributed by atoms with Crippen LogP contribution < -0.4 is 26.4 Å². The number of hydrogen-bond acceptors (Lipinski definition) is 2. The van der Waals surface area contributed by atoms with E-state index in [9.17, 15) is 57.5 Å². The molecule has 0 saturated heterocycles. The molecule has 6 aromatic carbocycles. The van der Waals surface area contributed by atoms with Crippen LogP contribution in [-0.2, 0) is 11.3 Å². The van der Waals surface area contributed by atoms with Gasteiger partial charge in [0, 0.05) is 11.6 Å². The molecular formula is C45H22BF20NO2. The molecule has 0 amide bonds. The number of esters is 1. The number of ether oxygens (including phenoxy) is 1. The maximum atomic E-state index is 15.4. The average Bonchev–Trinajstić information content (AvgIpc) is 3.31. The van der Waals surface area contributed by atoms with Gasteiger partial charge in [-0.2, -0.15) is 4.57 Å². The molecular weight excluding hydrogens is 977 g/mol. The Bertz CT molecular complexity index is 2850. The normalized spacial score (nSPS) is 11.8. The number of carbonyl (C=O) groups is 1. The lowest BCUT2D eigenvalue weighted by atomic mass is 9.12. The molecule has 0 aliphatic carbocycles. The van der Waals surface area contributed by atoms with Crippen molar-refractivity contribution in [2.45, 2.75) is 32.9 Å². The zero-order valence-electron chi connectivity index (χ0n) is 34.5. The predicted molar refractivity (Wildman–Crippen MR) is 204 cm³/mol. The standard InChI is InChI=1S/C24BF20.C21H22NO2/c26-5-1(6(27)14(35)21(42)13(5)34)25(2-7(28)15(36)22(43)16(37)8(2)29,3-9(30)17(38)23(44)18(39)10(3)31)4-11(32)19(40)24(45)20(41)12(4)33;1-21(2,3)24-20(23)19-18-12-8-7-11-17(18)13-14-22(19)15-16-9-5-4-6-10-16/h;4-14H,15H2,1-3H3/q-1;+1. The summed E-state index contributed by atoms with van der Waals surface area (Å²) in [5.41, 5.74) is -13.1. The molecule has 0 atom stereocenters. The van der Waals surface area contributed by atoms with Crippen molar-refractivity contribution in [3.63, 3.8) is 0 Å². The minimum atomic E-state index is -7.22. The summed E-state index contributed by atoms with van der Waals surface area (Å²) in [5.74, 6) is -71.7. The van der Waals surface area contributed by atoms with E-state index in [1.54, 1.807) is 0 Å². The molecule has 0 fully saturated rings. The number of nitrogens with zero attached hydrogens (tertiary/aromatic N) is 1. The van der Waals surface area contributed by atoms with Crippen LogP contribution in [0.3, 0.4) is 0 Å². The number of benzene rings is 6. The van der Waals surface area contributed by atoms with Crippen LogP contribution in [-0.4, -0.2) is 17.7 Å². The molecule has 7 rings (SSSR count). The molecule has 1 heterocycles. The first kappa shape index (κ1) is 51.3. The smallest absolute Gasteiger partial charge is 0.404 e. The second kappa shape index (κ2) is 18.7. The first-order valence-electron chi connectivity index (χ1n) is 19.1. The van der Waals surface area contributed by atoms with Gasteiger partial charge in [0.25, 0.3) is 5.69 Å². The number of pyridine rings is 1. The molecule has 1 aromatic heterocycles. The van der Waals surface area contributed by atoms with Crippen molar-refractivity contribution in [1.29, 1.82) is 0 Å². The number of rotatable bonds is 7. The van der Waals surface area contributed by atoms with Gasteiger partial charge in [0.2, 0.25) is 0 Å². The van der Waals surface area contributed by atoms with Crippen molar-refractivity contribution < 1.29 is 102 Å². The van der Waals surface area contributed by atoms with Gasteiger partial charge in [-0.25, -0.2) is 92.6 Å². The molecule has 3 nitrogen and oxygen atoms in total. The molecule has 0 aliphatic heterocycles. The number of aromatic nitrogens is 1. The van der Waals surface area contributed by atoms with E-state index in [1.165, 1.54) is 0 Å². The monoisotopic (exact) mass is 999 g/mol. The summed E-state index contributed by atoms with van der Waals surface area (Å²) in [6.07, 6.45) is -5.26. The van der Waals surface area contributed by atoms with E-state index in [0.29, 0.717) is 12.2 Å². The highest BCUT2D eigenvalue weighted by atomic mass is 19.2. The molecule has 0 radical (unpaired) electrons. The van der Waals surface area contributed by atoms with E-state index in [4.69, 9.17) is 4.74 Å². The molecule has 69 heavy (non-hydrogen) atoms. The fourth-order valence-corrected chi connectivity index (χ4v) is 7.60. The minimum Gasteiger partial charge on any atom is -0.452 e. The van der Waals surface area contributed by atoms with Crippen LogP contribution in [0.15, 0.2) is 66.9 Å². The molecule has 0 bridgehead atoms. The van der Waals surface area contributed by atoms with E-state index >= 15 is 35.1 Å². The fourth-order valence-electron chi connectivity index (χ4n) is 7.60. The van der Waals surface area contributed by atoms with Crippen LogP contribution in [0.2, 0.25) is 0 Å². The number of halogens is 20. The first-order chi connectivity index (χ1) is 32.1. The van der Waals surface area contributed by atoms with Crippen molar-refractivity contribution in [2.75, 3.05) is 0 Å². The Morgan fingerprint density at radius 2 is 0.710 bits per heavy atom. The van der Waals surface area contributed by atoms with Gasteiger partial charge < -0.3 is 4.74 Å². The van der Waals surface area contributed by atoms with Crippen LogP contribution in [0.1, 0.15) is 36.8 Å². The third-order valence-corrected chi connectivity index (χ3v) is 10.4. The van der Waals surface area contributed by atoms with Crippen molar-refractivity contribution in [3.8, 4) is 0 Å². The third kappa shape index (κ3) is 8.46. The minimum absolute atomic E-state index is 0.296. The summed E-state index contributed by atoms with van der Waals surface area (Å²) < 4.78 is 302. The van der Waals surface area contributed by atoms with E-state index in [1.807, 2.05) is 80.1 Å². The third-order valence-electron chi connectivity index (χ3n) is 10.4. The molecule has 362 valence electrons. The Kier molecular flexibility index (Phi) is 13.9. The Morgan fingerprint density at radius 3 is 1.03 bits per heavy atom. The van der Waals surface area contributed by atoms with Crippen molar-refractivity contribution in [1.82, 2.24) is 0 Å². The van der Waals surface area contributed by atoms with Gasteiger partial charge in [-0.15, -0.1) is 21.9 Å². The highest BCUT2D eigenvalue weighted by Gasteiger charge is 2.52. The maximum absolute atomic E-state index is 15.4. The van der Waals surface area contributed by atoms with Crippen LogP contribution in [0, 0.1) is 116 Å². The summed E-state index contributed by atoms with van der Waals surface area (Å²) in [7, 11) is 0. The molecule has 24 heteroatoms. The summed E-state index contributed by atoms with van der Waals surface area (Å²) >= 11 is 0. The lowest BCUT2D eigenvalue weighted by Gasteiger charge is -2.44. The molecule has 0 spiro atoms. The van der Waals surface area contributed by atoms with Gasteiger partial charge in [-0.3, -0.25) is 0 Å². The van der Waals surface area contributed by atoms with Crippen molar-refractivity contribution >= 4 is 44.7 Å². The molecule has 7 aromatic rings. The molecule has 0 N–H and O–H groups in total. The van der Waals surface area contributed by atoms with Crippen molar-refractivity contribution in [3.05, 3.63) is 194 Å². The quantitative estimate of drug-likeness (QED) is 0.0398. The van der Waals surface area contributed by atoms with E-state index in [2.05, 4.69) is 12.1 Å². The Balaban J connectivity index is 0.000000273. The topological polar surface area (TPSA) is 30.2 Å². The SMILES string of the molecule is CC(C)(C)OC(=O)c1c2ccccc2cc[n+]1Cc1ccccc1.Fc1c(F)c(F)c([B-](c2c(F)c(F)c(F)c(F)c2F)(c2c(F)c(F)c(F)c(F)c2F)c2c(F)c(F)c(F)c(F)c2F)c(F)c1F. The summed E-state index contributed by atoms with van der Waals surface area (Å²) in [6.45, 7) is 6.28. The van der Waals surface area contributed by atoms with E-state index in [-0.39, 0.29) is 5.97 Å². The highest BCUT2D eigenvalue weighted by Crippen LogP contribution is 2.31. The second-order valence-corrected chi connectivity index (χ2v) is 15.7. The predicted octanol–water partition coefficient (Wildman–Crippen LogP) is 9.98. The number of hydrogen-bond donors (Lipinski definition) is 0. The Labute approximate surface area is 373 Å². The van der Waals surface area contributed by atoms with Crippen LogP contribution in [0.4, 0.5) is 87.8 Å². The van der Waals surface area contributed by atoms with Gasteiger partial charge in [0.1, 0.15) is 58.3 Å². The molecule has 0 saturated carbocycles. The fraction of sp³-hybridized carbons (Fsp3) is 0.111. The zero-order chi connectivity index (χ0) is 51.5. The second-order valence-electron chi connectivity index (χ2n) is 15.7. The average molecular weight is 999 g/mol. The van der Waals surface area contributed by atoms with Gasteiger partial charge in [0.05, 0.1) is 5.39 Å². The molecule has 0 aliphatic rings. The lowest BCUT2D eigenvalue weighted by molar-refractivity contribution is -0.689. The maximum Gasteiger partial charge on any atom is 0.404 e. The number of carbonyl (C=O) groups excluding carboxylic acids is 1. The Morgan fingerprint density at radius 1 is 0.420 bits per heavy atom. The largest absolute Gasteiger partial charge is 0.452 e. The van der Waals surface area contributed by atoms with Crippen LogP contribution in [0.5, 0.6) is 0 Å². The van der Waals surface area contributed by atoms with Crippen LogP contribution in [0.25, 0.3) is 10.8 Å². The Hall–Kier alpha value is -7.14. The van der Waals surface area contributed by atoms with Gasteiger partial charge in [-0.05, 0) is 32.2 Å². The number of fused-ring (bicyclic) bond motifs is 1. The van der Waals surface area contributed by atoms with Gasteiger partial charge in [0.15, 0.2) is 82.5 Å². The van der Waals surface area contributed by atoms with Gasteiger partial charge >= 0.3 is 5.97 Å². The lowest BCUT2D eigenvalue weighted by Crippen LogP contribution is -2.81. The van der Waals surface area contributed by atoms with E-state index < -0.39 is 150 Å².